The van der Waals surface area contributed by atoms with Crippen LogP contribution in [-0.4, -0.2) is 22.8 Å². The summed E-state index contributed by atoms with van der Waals surface area (Å²) in [6.07, 6.45) is 2.07. The van der Waals surface area contributed by atoms with E-state index in [1.54, 1.807) is 27.7 Å². The Hall–Kier alpha value is -2.22. The van der Waals surface area contributed by atoms with Gasteiger partial charge in [0.1, 0.15) is 5.60 Å². The number of ether oxygens (including phenoxy) is 1. The Balaban J connectivity index is 3.19. The summed E-state index contributed by atoms with van der Waals surface area (Å²) in [6.45, 7) is 6.81. The standard InChI is InChI=1S/C14H16N2O3/c1-9-12(8-17)10(5-6-16-9)11(7-15)13(18)19-14(2,3)4/h5-6,8,11H,1-4H3. The summed E-state index contributed by atoms with van der Waals surface area (Å²) in [7, 11) is 0. The van der Waals surface area contributed by atoms with Crippen molar-refractivity contribution in [3.63, 3.8) is 0 Å². The topological polar surface area (TPSA) is 80.1 Å². The molecule has 1 aromatic heterocycles. The highest BCUT2D eigenvalue weighted by Crippen LogP contribution is 2.23. The van der Waals surface area contributed by atoms with Crippen molar-refractivity contribution in [3.8, 4) is 6.07 Å². The Labute approximate surface area is 112 Å². The number of nitriles is 1. The van der Waals surface area contributed by atoms with Crippen molar-refractivity contribution in [2.24, 2.45) is 0 Å². The maximum Gasteiger partial charge on any atom is 0.328 e. The van der Waals surface area contributed by atoms with Crippen LogP contribution in [-0.2, 0) is 9.53 Å². The molecule has 0 bridgehead atoms. The van der Waals surface area contributed by atoms with E-state index in [9.17, 15) is 14.9 Å². The van der Waals surface area contributed by atoms with Crippen LogP contribution in [0.4, 0.5) is 0 Å². The zero-order valence-electron chi connectivity index (χ0n) is 11.4. The van der Waals surface area contributed by atoms with Crippen LogP contribution in [0.25, 0.3) is 0 Å². The van der Waals surface area contributed by atoms with Crippen LogP contribution in [0.1, 0.15) is 48.3 Å². The van der Waals surface area contributed by atoms with E-state index in [4.69, 9.17) is 4.74 Å². The van der Waals surface area contributed by atoms with Crippen LogP contribution in [0.5, 0.6) is 0 Å². The summed E-state index contributed by atoms with van der Waals surface area (Å²) in [5.74, 6) is -1.79. The van der Waals surface area contributed by atoms with Gasteiger partial charge in [-0.25, -0.2) is 0 Å². The van der Waals surface area contributed by atoms with Crippen LogP contribution in [0.15, 0.2) is 12.3 Å². The number of esters is 1. The lowest BCUT2D eigenvalue weighted by molar-refractivity contribution is -0.155. The van der Waals surface area contributed by atoms with Gasteiger partial charge in [-0.15, -0.1) is 0 Å². The van der Waals surface area contributed by atoms with Gasteiger partial charge in [0.05, 0.1) is 6.07 Å². The number of carbonyl (C=O) groups is 2. The van der Waals surface area contributed by atoms with Crippen LogP contribution in [0.3, 0.4) is 0 Å². The molecule has 0 aliphatic rings. The molecule has 0 fully saturated rings. The molecule has 1 atom stereocenters. The highest BCUT2D eigenvalue weighted by atomic mass is 16.6. The number of aryl methyl sites for hydroxylation is 1. The van der Waals surface area contributed by atoms with E-state index in [0.717, 1.165) is 0 Å². The first-order valence-corrected chi connectivity index (χ1v) is 5.83. The van der Waals surface area contributed by atoms with Crippen molar-refractivity contribution in [2.75, 3.05) is 0 Å². The minimum absolute atomic E-state index is 0.264. The van der Waals surface area contributed by atoms with E-state index < -0.39 is 17.5 Å². The Morgan fingerprint density at radius 3 is 2.63 bits per heavy atom. The zero-order chi connectivity index (χ0) is 14.6. The monoisotopic (exact) mass is 260 g/mol. The van der Waals surface area contributed by atoms with Gasteiger partial charge in [0.25, 0.3) is 0 Å². The molecule has 1 rings (SSSR count). The Bertz CT molecular complexity index is 539. The third-order valence-corrected chi connectivity index (χ3v) is 2.42. The van der Waals surface area contributed by atoms with Gasteiger partial charge in [0.2, 0.25) is 0 Å². The first kappa shape index (κ1) is 14.8. The van der Waals surface area contributed by atoms with E-state index in [1.807, 2.05) is 6.07 Å². The maximum absolute atomic E-state index is 12.0. The number of rotatable bonds is 3. The maximum atomic E-state index is 12.0. The fourth-order valence-electron chi connectivity index (χ4n) is 1.61. The third-order valence-electron chi connectivity index (χ3n) is 2.42. The second-order valence-corrected chi connectivity index (χ2v) is 5.11. The van der Waals surface area contributed by atoms with Crippen LogP contribution < -0.4 is 0 Å². The first-order chi connectivity index (χ1) is 8.80. The first-order valence-electron chi connectivity index (χ1n) is 5.83. The Morgan fingerprint density at radius 2 is 2.16 bits per heavy atom. The van der Waals surface area contributed by atoms with Crippen molar-refractivity contribution in [2.45, 2.75) is 39.2 Å². The summed E-state index contributed by atoms with van der Waals surface area (Å²) >= 11 is 0. The van der Waals surface area contributed by atoms with Crippen molar-refractivity contribution in [3.05, 3.63) is 29.1 Å². The number of aromatic nitrogens is 1. The van der Waals surface area contributed by atoms with E-state index in [1.165, 1.54) is 12.3 Å². The van der Waals surface area contributed by atoms with Gasteiger partial charge in [-0.1, -0.05) is 0 Å². The number of carbonyl (C=O) groups excluding carboxylic acids is 2. The lowest BCUT2D eigenvalue weighted by Gasteiger charge is -2.22. The normalized spacial score (nSPS) is 12.4. The van der Waals surface area contributed by atoms with Gasteiger partial charge in [-0.3, -0.25) is 14.6 Å². The fraction of sp³-hybridized carbons (Fsp3) is 0.429. The minimum atomic E-state index is -1.12. The molecule has 5 nitrogen and oxygen atoms in total. The minimum Gasteiger partial charge on any atom is -0.459 e. The van der Waals surface area contributed by atoms with Gasteiger partial charge in [-0.05, 0) is 39.3 Å². The average Bonchev–Trinajstić information content (AvgIpc) is 2.27. The van der Waals surface area contributed by atoms with Crippen molar-refractivity contribution >= 4 is 12.3 Å². The molecule has 0 aliphatic carbocycles. The highest BCUT2D eigenvalue weighted by Gasteiger charge is 2.28. The largest absolute Gasteiger partial charge is 0.459 e. The molecule has 19 heavy (non-hydrogen) atoms. The highest BCUT2D eigenvalue weighted by molar-refractivity contribution is 5.87. The molecule has 0 spiro atoms. The Morgan fingerprint density at radius 1 is 1.53 bits per heavy atom. The van der Waals surface area contributed by atoms with Crippen molar-refractivity contribution in [1.82, 2.24) is 4.98 Å². The lowest BCUT2D eigenvalue weighted by Crippen LogP contribution is -2.27. The Kier molecular flexibility index (Phi) is 4.38. The molecule has 5 heteroatoms. The number of hydrogen-bond acceptors (Lipinski definition) is 5. The molecule has 0 amide bonds. The summed E-state index contributed by atoms with van der Waals surface area (Å²) in [6, 6.07) is 3.38. The molecule has 0 aliphatic heterocycles. The second kappa shape index (κ2) is 5.61. The van der Waals surface area contributed by atoms with Gasteiger partial charge < -0.3 is 4.74 Å². The van der Waals surface area contributed by atoms with Crippen LogP contribution >= 0.6 is 0 Å². The third kappa shape index (κ3) is 3.62. The predicted octanol–water partition coefficient (Wildman–Crippen LogP) is 2.15. The van der Waals surface area contributed by atoms with E-state index in [-0.39, 0.29) is 5.56 Å². The molecule has 1 heterocycles. The number of aldehydes is 1. The lowest BCUT2D eigenvalue weighted by atomic mass is 9.95. The molecule has 1 aromatic rings. The van der Waals surface area contributed by atoms with Gasteiger partial charge in [-0.2, -0.15) is 5.26 Å². The number of hydrogen-bond donors (Lipinski definition) is 0. The summed E-state index contributed by atoms with van der Waals surface area (Å²) < 4.78 is 5.19. The second-order valence-electron chi connectivity index (χ2n) is 5.11. The number of pyridine rings is 1. The van der Waals surface area contributed by atoms with E-state index >= 15 is 0 Å². The molecule has 100 valence electrons. The number of nitrogens with zero attached hydrogens (tertiary/aromatic N) is 2. The molecule has 0 N–H and O–H groups in total. The molecule has 1 unspecified atom stereocenters. The smallest absolute Gasteiger partial charge is 0.328 e. The van der Waals surface area contributed by atoms with E-state index in [0.29, 0.717) is 17.5 Å². The van der Waals surface area contributed by atoms with Crippen LogP contribution in [0, 0.1) is 18.3 Å². The predicted molar refractivity (Wildman–Crippen MR) is 68.6 cm³/mol. The quantitative estimate of drug-likeness (QED) is 0.614. The van der Waals surface area contributed by atoms with Crippen molar-refractivity contribution in [1.29, 1.82) is 5.26 Å². The molecule has 0 saturated carbocycles. The fourth-order valence-corrected chi connectivity index (χ4v) is 1.61. The van der Waals surface area contributed by atoms with Crippen molar-refractivity contribution < 1.29 is 14.3 Å². The van der Waals surface area contributed by atoms with E-state index in [2.05, 4.69) is 4.98 Å². The van der Waals surface area contributed by atoms with Crippen LogP contribution in [0.2, 0.25) is 0 Å². The van der Waals surface area contributed by atoms with Gasteiger partial charge in [0, 0.05) is 17.5 Å². The SMILES string of the molecule is Cc1nccc(C(C#N)C(=O)OC(C)(C)C)c1C=O. The molecular formula is C14H16N2O3. The molecule has 0 radical (unpaired) electrons. The van der Waals surface area contributed by atoms with Gasteiger partial charge >= 0.3 is 5.97 Å². The average molecular weight is 260 g/mol. The summed E-state index contributed by atoms with van der Waals surface area (Å²) in [5, 5.41) is 9.17. The molecule has 0 aromatic carbocycles. The summed E-state index contributed by atoms with van der Waals surface area (Å²) in [5.41, 5.74) is 0.394. The zero-order valence-corrected chi connectivity index (χ0v) is 11.4. The molecular weight excluding hydrogens is 244 g/mol. The van der Waals surface area contributed by atoms with Gasteiger partial charge in [0.15, 0.2) is 12.2 Å². The summed E-state index contributed by atoms with van der Waals surface area (Å²) in [4.78, 5) is 27.0. The molecule has 0 saturated heterocycles.